The van der Waals surface area contributed by atoms with E-state index >= 15 is 0 Å². The van der Waals surface area contributed by atoms with Crippen molar-refractivity contribution in [1.82, 2.24) is 0 Å². The zero-order valence-corrected chi connectivity index (χ0v) is 11.8. The van der Waals surface area contributed by atoms with Gasteiger partial charge in [0.2, 0.25) is 0 Å². The number of nitrogen functional groups attached to an aromatic ring is 1. The number of nitrogens with zero attached hydrogens (tertiary/aromatic N) is 1. The predicted molar refractivity (Wildman–Crippen MR) is 81.0 cm³/mol. The molecule has 0 aliphatic carbocycles. The molecular formula is C15H15ClFN3. The Morgan fingerprint density at radius 1 is 1.30 bits per heavy atom. The molecule has 0 heterocycles. The minimum Gasteiger partial charge on any atom is -0.384 e. The molecule has 0 saturated heterocycles. The predicted octanol–water partition coefficient (Wildman–Crippen LogP) is 3.40. The van der Waals surface area contributed by atoms with E-state index in [1.807, 2.05) is 30.1 Å². The summed E-state index contributed by atoms with van der Waals surface area (Å²) < 4.78 is 13.4. The third kappa shape index (κ3) is 3.27. The summed E-state index contributed by atoms with van der Waals surface area (Å²) in [7, 11) is 1.89. The number of halogens is 2. The Morgan fingerprint density at radius 2 is 2.05 bits per heavy atom. The molecule has 0 bridgehead atoms. The van der Waals surface area contributed by atoms with Crippen molar-refractivity contribution in [2.24, 2.45) is 5.73 Å². The Morgan fingerprint density at radius 3 is 2.70 bits per heavy atom. The van der Waals surface area contributed by atoms with Crippen LogP contribution in [0.25, 0.3) is 0 Å². The van der Waals surface area contributed by atoms with Crippen LogP contribution in [0.1, 0.15) is 11.1 Å². The molecule has 104 valence electrons. The molecule has 0 saturated carbocycles. The molecule has 2 rings (SSSR count). The van der Waals surface area contributed by atoms with Crippen LogP contribution in [0.5, 0.6) is 0 Å². The van der Waals surface area contributed by atoms with E-state index in [4.69, 9.17) is 22.7 Å². The van der Waals surface area contributed by atoms with Gasteiger partial charge < -0.3 is 10.6 Å². The van der Waals surface area contributed by atoms with Gasteiger partial charge in [0.1, 0.15) is 11.7 Å². The average molecular weight is 292 g/mol. The van der Waals surface area contributed by atoms with Crippen LogP contribution in [-0.2, 0) is 6.54 Å². The molecule has 0 aliphatic rings. The topological polar surface area (TPSA) is 53.1 Å². The van der Waals surface area contributed by atoms with E-state index in [-0.39, 0.29) is 10.9 Å². The van der Waals surface area contributed by atoms with E-state index < -0.39 is 5.82 Å². The Labute approximate surface area is 122 Å². The molecule has 0 radical (unpaired) electrons. The van der Waals surface area contributed by atoms with E-state index in [1.54, 1.807) is 18.2 Å². The minimum atomic E-state index is -0.421. The van der Waals surface area contributed by atoms with Crippen molar-refractivity contribution in [1.29, 1.82) is 5.41 Å². The van der Waals surface area contributed by atoms with E-state index in [0.717, 1.165) is 11.3 Å². The monoisotopic (exact) mass is 291 g/mol. The standard InChI is InChI=1S/C15H15ClFN3/c1-20(9-10-5-6-13(16)14(17)7-10)12-4-2-3-11(8-12)15(18)19/h2-8H,9H2,1H3,(H3,18,19). The van der Waals surface area contributed by atoms with Gasteiger partial charge in [-0.3, -0.25) is 5.41 Å². The molecule has 0 atom stereocenters. The lowest BCUT2D eigenvalue weighted by Gasteiger charge is -2.20. The SMILES string of the molecule is CN(Cc1ccc(Cl)c(F)c1)c1cccc(C(=N)N)c1. The van der Waals surface area contributed by atoms with E-state index in [1.165, 1.54) is 6.07 Å². The number of anilines is 1. The van der Waals surface area contributed by atoms with Gasteiger partial charge in [-0.25, -0.2) is 4.39 Å². The number of nitrogens with one attached hydrogen (secondary N) is 1. The number of benzene rings is 2. The van der Waals surface area contributed by atoms with Crippen molar-refractivity contribution in [2.75, 3.05) is 11.9 Å². The van der Waals surface area contributed by atoms with Crippen molar-refractivity contribution in [2.45, 2.75) is 6.54 Å². The molecular weight excluding hydrogens is 277 g/mol. The van der Waals surface area contributed by atoms with Crippen LogP contribution in [0, 0.1) is 11.2 Å². The summed E-state index contributed by atoms with van der Waals surface area (Å²) in [4.78, 5) is 1.95. The average Bonchev–Trinajstić information content (AvgIpc) is 2.43. The second-order valence-corrected chi connectivity index (χ2v) is 4.98. The highest BCUT2D eigenvalue weighted by atomic mass is 35.5. The van der Waals surface area contributed by atoms with Crippen LogP contribution in [0.4, 0.5) is 10.1 Å². The fraction of sp³-hybridized carbons (Fsp3) is 0.133. The maximum atomic E-state index is 13.4. The Bertz CT molecular complexity index is 643. The summed E-state index contributed by atoms with van der Waals surface area (Å²) >= 11 is 5.66. The maximum absolute atomic E-state index is 13.4. The van der Waals surface area contributed by atoms with Crippen molar-refractivity contribution in [3.05, 3.63) is 64.4 Å². The summed E-state index contributed by atoms with van der Waals surface area (Å²) in [5, 5.41) is 7.56. The number of hydrogen-bond donors (Lipinski definition) is 2. The quantitative estimate of drug-likeness (QED) is 0.670. The molecule has 2 aromatic carbocycles. The highest BCUT2D eigenvalue weighted by Gasteiger charge is 2.06. The molecule has 20 heavy (non-hydrogen) atoms. The first kappa shape index (κ1) is 14.3. The lowest BCUT2D eigenvalue weighted by molar-refractivity contribution is 0.625. The maximum Gasteiger partial charge on any atom is 0.142 e. The molecule has 3 nitrogen and oxygen atoms in total. The second kappa shape index (κ2) is 5.92. The van der Waals surface area contributed by atoms with Crippen LogP contribution >= 0.6 is 11.6 Å². The van der Waals surface area contributed by atoms with E-state index in [9.17, 15) is 4.39 Å². The highest BCUT2D eigenvalue weighted by Crippen LogP contribution is 2.20. The molecule has 0 fully saturated rings. The fourth-order valence-corrected chi connectivity index (χ4v) is 2.03. The molecule has 0 unspecified atom stereocenters. The van der Waals surface area contributed by atoms with Gasteiger partial charge in [0.25, 0.3) is 0 Å². The van der Waals surface area contributed by atoms with Gasteiger partial charge in [-0.05, 0) is 29.8 Å². The minimum absolute atomic E-state index is 0.0257. The first-order chi connectivity index (χ1) is 9.47. The Balaban J connectivity index is 2.19. The molecule has 5 heteroatoms. The fourth-order valence-electron chi connectivity index (χ4n) is 1.91. The van der Waals surface area contributed by atoms with E-state index in [0.29, 0.717) is 12.1 Å². The first-order valence-electron chi connectivity index (χ1n) is 6.07. The zero-order chi connectivity index (χ0) is 14.7. The van der Waals surface area contributed by atoms with Crippen LogP contribution in [0.15, 0.2) is 42.5 Å². The van der Waals surface area contributed by atoms with Crippen molar-refractivity contribution in [3.63, 3.8) is 0 Å². The van der Waals surface area contributed by atoms with Crippen LogP contribution in [0.2, 0.25) is 5.02 Å². The second-order valence-electron chi connectivity index (χ2n) is 4.57. The van der Waals surface area contributed by atoms with Gasteiger partial charge in [-0.1, -0.05) is 29.8 Å². The van der Waals surface area contributed by atoms with Gasteiger partial charge in [-0.15, -0.1) is 0 Å². The van der Waals surface area contributed by atoms with Crippen LogP contribution in [0.3, 0.4) is 0 Å². The normalized spacial score (nSPS) is 10.3. The number of nitrogens with two attached hydrogens (primary N) is 1. The van der Waals surface area contributed by atoms with Crippen molar-refractivity contribution < 1.29 is 4.39 Å². The third-order valence-electron chi connectivity index (χ3n) is 3.00. The highest BCUT2D eigenvalue weighted by molar-refractivity contribution is 6.30. The Kier molecular flexibility index (Phi) is 4.25. The summed E-state index contributed by atoms with van der Waals surface area (Å²) in [6.07, 6.45) is 0. The van der Waals surface area contributed by atoms with Gasteiger partial charge in [0.05, 0.1) is 5.02 Å². The molecule has 3 N–H and O–H groups in total. The van der Waals surface area contributed by atoms with Crippen LogP contribution in [-0.4, -0.2) is 12.9 Å². The summed E-state index contributed by atoms with van der Waals surface area (Å²) in [6.45, 7) is 0.537. The largest absolute Gasteiger partial charge is 0.384 e. The Hall–Kier alpha value is -2.07. The third-order valence-corrected chi connectivity index (χ3v) is 3.31. The first-order valence-corrected chi connectivity index (χ1v) is 6.44. The van der Waals surface area contributed by atoms with Gasteiger partial charge in [0, 0.05) is 24.8 Å². The summed E-state index contributed by atoms with van der Waals surface area (Å²) in [5.74, 6) is -0.396. The zero-order valence-electron chi connectivity index (χ0n) is 11.0. The lowest BCUT2D eigenvalue weighted by atomic mass is 10.1. The van der Waals surface area contributed by atoms with Crippen molar-refractivity contribution >= 4 is 23.1 Å². The van der Waals surface area contributed by atoms with Crippen molar-refractivity contribution in [3.8, 4) is 0 Å². The van der Waals surface area contributed by atoms with E-state index in [2.05, 4.69) is 0 Å². The molecule has 0 spiro atoms. The van der Waals surface area contributed by atoms with Gasteiger partial charge in [-0.2, -0.15) is 0 Å². The van der Waals surface area contributed by atoms with Gasteiger partial charge >= 0.3 is 0 Å². The molecule has 0 aliphatic heterocycles. The molecule has 2 aromatic rings. The van der Waals surface area contributed by atoms with Gasteiger partial charge in [0.15, 0.2) is 0 Å². The molecule has 0 amide bonds. The number of amidine groups is 1. The lowest BCUT2D eigenvalue weighted by Crippen LogP contribution is -2.18. The molecule has 0 aromatic heterocycles. The number of hydrogen-bond acceptors (Lipinski definition) is 2. The van der Waals surface area contributed by atoms with Crippen LogP contribution < -0.4 is 10.6 Å². The number of rotatable bonds is 4. The summed E-state index contributed by atoms with van der Waals surface area (Å²) in [6, 6.07) is 12.1. The summed E-state index contributed by atoms with van der Waals surface area (Å²) in [5.41, 5.74) is 7.87. The smallest absolute Gasteiger partial charge is 0.142 e.